The van der Waals surface area contributed by atoms with Gasteiger partial charge in [0, 0.05) is 23.4 Å². The first-order chi connectivity index (χ1) is 9.79. The lowest BCUT2D eigenvalue weighted by Gasteiger charge is -2.22. The highest BCUT2D eigenvalue weighted by Gasteiger charge is 2.22. The predicted molar refractivity (Wildman–Crippen MR) is 93.2 cm³/mol. The first-order valence-electron chi connectivity index (χ1n) is 7.51. The molecule has 3 rings (SSSR count). The maximum atomic E-state index is 6.15. The van der Waals surface area contributed by atoms with Crippen LogP contribution in [0, 0.1) is 0 Å². The van der Waals surface area contributed by atoms with Crippen LogP contribution in [0.2, 0.25) is 5.02 Å². The third kappa shape index (κ3) is 3.67. The zero-order chi connectivity index (χ0) is 13.9. The molecule has 1 aliphatic carbocycles. The minimum absolute atomic E-state index is 0. The van der Waals surface area contributed by atoms with Gasteiger partial charge in [-0.15, -0.1) is 24.0 Å². The van der Waals surface area contributed by atoms with Crippen molar-refractivity contribution in [3.63, 3.8) is 0 Å². The number of hydrogen-bond donors (Lipinski definition) is 0. The molecular weight excluding hydrogens is 327 g/mol. The topological polar surface area (TPSA) is 17.8 Å². The van der Waals surface area contributed by atoms with Gasteiger partial charge in [-0.05, 0) is 37.5 Å². The zero-order valence-electron chi connectivity index (χ0n) is 12.0. The van der Waals surface area contributed by atoms with Gasteiger partial charge < -0.3 is 4.57 Å². The Bertz CT molecular complexity index is 588. The number of benzene rings is 1. The van der Waals surface area contributed by atoms with Crippen molar-refractivity contribution >= 4 is 46.6 Å². The second-order valence-corrected chi connectivity index (χ2v) is 6.45. The number of halogens is 3. The number of alkyl halides is 1. The normalized spacial score (nSPS) is 16.1. The number of aromatic nitrogens is 2. The molecule has 0 amide bonds. The van der Waals surface area contributed by atoms with E-state index in [4.69, 9.17) is 28.2 Å². The molecule has 0 N–H and O–H groups in total. The van der Waals surface area contributed by atoms with E-state index in [0.717, 1.165) is 29.0 Å². The van der Waals surface area contributed by atoms with Crippen molar-refractivity contribution in [2.45, 2.75) is 51.0 Å². The van der Waals surface area contributed by atoms with Gasteiger partial charge in [-0.1, -0.05) is 30.9 Å². The molecule has 2 nitrogen and oxygen atoms in total. The quantitative estimate of drug-likeness (QED) is 0.640. The van der Waals surface area contributed by atoms with Gasteiger partial charge in [0.15, 0.2) is 0 Å². The summed E-state index contributed by atoms with van der Waals surface area (Å²) in [5, 5.41) is 0.778. The molecule has 116 valence electrons. The fourth-order valence-electron chi connectivity index (χ4n) is 3.24. The molecule has 0 saturated heterocycles. The van der Waals surface area contributed by atoms with E-state index in [1.165, 1.54) is 37.9 Å². The number of fused-ring (bicyclic) bond motifs is 1. The van der Waals surface area contributed by atoms with Crippen LogP contribution in [0.25, 0.3) is 11.0 Å². The van der Waals surface area contributed by atoms with Crippen LogP contribution in [0.1, 0.15) is 50.3 Å². The van der Waals surface area contributed by atoms with Crippen molar-refractivity contribution in [1.29, 1.82) is 0 Å². The number of nitrogens with zero attached hydrogens (tertiary/aromatic N) is 2. The molecule has 5 heteroatoms. The Morgan fingerprint density at radius 3 is 2.67 bits per heavy atom. The maximum Gasteiger partial charge on any atom is 0.112 e. The summed E-state index contributed by atoms with van der Waals surface area (Å²) < 4.78 is 2.35. The third-order valence-corrected chi connectivity index (χ3v) is 4.73. The van der Waals surface area contributed by atoms with Gasteiger partial charge in [-0.25, -0.2) is 4.98 Å². The Hall–Kier alpha value is -0.440. The van der Waals surface area contributed by atoms with Crippen molar-refractivity contribution < 1.29 is 0 Å². The molecule has 21 heavy (non-hydrogen) atoms. The molecule has 1 aliphatic rings. The summed E-state index contributed by atoms with van der Waals surface area (Å²) in [4.78, 5) is 4.89. The second kappa shape index (κ2) is 7.71. The van der Waals surface area contributed by atoms with E-state index in [2.05, 4.69) is 4.57 Å². The Kier molecular flexibility index (Phi) is 6.21. The van der Waals surface area contributed by atoms with E-state index in [9.17, 15) is 0 Å². The van der Waals surface area contributed by atoms with E-state index in [1.54, 1.807) is 0 Å². The van der Waals surface area contributed by atoms with Crippen molar-refractivity contribution in [2.24, 2.45) is 0 Å². The summed E-state index contributed by atoms with van der Waals surface area (Å²) >= 11 is 12.0. The largest absolute Gasteiger partial charge is 0.328 e. The summed E-state index contributed by atoms with van der Waals surface area (Å²) in [6, 6.07) is 5.99. The molecule has 0 unspecified atom stereocenters. The molecule has 0 spiro atoms. The Morgan fingerprint density at radius 2 is 1.95 bits per heavy atom. The highest BCUT2D eigenvalue weighted by atomic mass is 35.5. The van der Waals surface area contributed by atoms with Crippen LogP contribution < -0.4 is 0 Å². The van der Waals surface area contributed by atoms with Crippen molar-refractivity contribution in [1.82, 2.24) is 9.55 Å². The third-order valence-electron chi connectivity index (χ3n) is 4.23. The van der Waals surface area contributed by atoms with E-state index in [-0.39, 0.29) is 12.4 Å². The molecule has 1 saturated carbocycles. The number of aryl methyl sites for hydroxylation is 1. The van der Waals surface area contributed by atoms with Gasteiger partial charge >= 0.3 is 0 Å². The summed E-state index contributed by atoms with van der Waals surface area (Å²) in [7, 11) is 0. The van der Waals surface area contributed by atoms with Gasteiger partial charge in [0.25, 0.3) is 0 Å². The minimum Gasteiger partial charge on any atom is -0.328 e. The zero-order valence-corrected chi connectivity index (χ0v) is 14.4. The lowest BCUT2D eigenvalue weighted by Crippen LogP contribution is -2.12. The van der Waals surface area contributed by atoms with Crippen LogP contribution in [-0.2, 0) is 6.54 Å². The molecular formula is C16H21Cl3N2. The Labute approximate surface area is 142 Å². The fraction of sp³-hybridized carbons (Fsp3) is 0.562. The van der Waals surface area contributed by atoms with Gasteiger partial charge in [-0.3, -0.25) is 0 Å². The molecule has 0 radical (unpaired) electrons. The van der Waals surface area contributed by atoms with Crippen LogP contribution in [0.5, 0.6) is 0 Å². The van der Waals surface area contributed by atoms with Gasteiger partial charge in [-0.2, -0.15) is 0 Å². The Balaban J connectivity index is 0.00000161. The van der Waals surface area contributed by atoms with Gasteiger partial charge in [0.1, 0.15) is 5.82 Å². The van der Waals surface area contributed by atoms with Crippen molar-refractivity contribution in [3.05, 3.63) is 29.0 Å². The molecule has 1 aromatic carbocycles. The minimum atomic E-state index is 0. The standard InChI is InChI=1S/C16H20Cl2N2.ClH/c17-9-4-10-20-15-11-13(18)7-8-14(15)19-16(20)12-5-2-1-3-6-12;/h7-8,11-12H,1-6,9-10H2;1H. The molecule has 1 heterocycles. The van der Waals surface area contributed by atoms with Gasteiger partial charge in [0.05, 0.1) is 11.0 Å². The van der Waals surface area contributed by atoms with Gasteiger partial charge in [0.2, 0.25) is 0 Å². The first kappa shape index (κ1) is 16.9. The van der Waals surface area contributed by atoms with Crippen LogP contribution in [0.15, 0.2) is 18.2 Å². The average Bonchev–Trinajstić information content (AvgIpc) is 2.84. The second-order valence-electron chi connectivity index (χ2n) is 5.63. The Morgan fingerprint density at radius 1 is 1.19 bits per heavy atom. The lowest BCUT2D eigenvalue weighted by atomic mass is 9.88. The van der Waals surface area contributed by atoms with Crippen LogP contribution in [-0.4, -0.2) is 15.4 Å². The molecule has 1 fully saturated rings. The molecule has 0 bridgehead atoms. The highest BCUT2D eigenvalue weighted by Crippen LogP contribution is 2.34. The number of imidazole rings is 1. The van der Waals surface area contributed by atoms with E-state index >= 15 is 0 Å². The first-order valence-corrected chi connectivity index (χ1v) is 8.42. The molecule has 1 aromatic heterocycles. The SMILES string of the molecule is Cl.ClCCCn1c(C2CCCCC2)nc2ccc(Cl)cc21. The van der Waals surface area contributed by atoms with E-state index < -0.39 is 0 Å². The van der Waals surface area contributed by atoms with Crippen LogP contribution in [0.3, 0.4) is 0 Å². The number of rotatable bonds is 4. The smallest absolute Gasteiger partial charge is 0.112 e. The van der Waals surface area contributed by atoms with Crippen molar-refractivity contribution in [2.75, 3.05) is 5.88 Å². The fourth-order valence-corrected chi connectivity index (χ4v) is 3.53. The summed E-state index contributed by atoms with van der Waals surface area (Å²) in [6.07, 6.45) is 7.51. The van der Waals surface area contributed by atoms with Crippen LogP contribution in [0.4, 0.5) is 0 Å². The lowest BCUT2D eigenvalue weighted by molar-refractivity contribution is 0.416. The summed E-state index contributed by atoms with van der Waals surface area (Å²) in [5.41, 5.74) is 2.22. The van der Waals surface area contributed by atoms with Crippen LogP contribution >= 0.6 is 35.6 Å². The number of hydrogen-bond acceptors (Lipinski definition) is 1. The van der Waals surface area contributed by atoms with E-state index in [0.29, 0.717) is 11.8 Å². The molecule has 2 aromatic rings. The highest BCUT2D eigenvalue weighted by molar-refractivity contribution is 6.31. The molecule has 0 atom stereocenters. The van der Waals surface area contributed by atoms with E-state index in [1.807, 2.05) is 18.2 Å². The monoisotopic (exact) mass is 346 g/mol. The molecule has 0 aliphatic heterocycles. The van der Waals surface area contributed by atoms with Crippen molar-refractivity contribution in [3.8, 4) is 0 Å². The summed E-state index contributed by atoms with van der Waals surface area (Å²) in [6.45, 7) is 0.937. The predicted octanol–water partition coefficient (Wildman–Crippen LogP) is 5.79. The maximum absolute atomic E-state index is 6.15. The average molecular weight is 348 g/mol. The summed E-state index contributed by atoms with van der Waals surface area (Å²) in [5.74, 6) is 2.53.